The third-order valence-electron chi connectivity index (χ3n) is 3.98. The van der Waals surface area contributed by atoms with Crippen molar-refractivity contribution in [1.82, 2.24) is 0 Å². The van der Waals surface area contributed by atoms with E-state index < -0.39 is 17.6 Å². The number of Topliss-reactive ketones (excluding diaryl/α,β-unsaturated/α-hetero) is 1. The van der Waals surface area contributed by atoms with Gasteiger partial charge < -0.3 is 14.2 Å². The molecule has 1 aliphatic rings. The first-order valence-electron chi connectivity index (χ1n) is 8.02. The number of fused-ring (bicyclic) bond motifs is 1. The van der Waals surface area contributed by atoms with Crippen molar-refractivity contribution in [1.29, 1.82) is 0 Å². The second-order valence-corrected chi connectivity index (χ2v) is 6.36. The number of methoxy groups -OCH3 is 1. The number of nitrogens with zero attached hydrogens (tertiary/aromatic N) is 1. The number of esters is 1. The Morgan fingerprint density at radius 3 is 2.56 bits per heavy atom. The first-order valence-corrected chi connectivity index (χ1v) is 8.02. The minimum absolute atomic E-state index is 0.0991. The van der Waals surface area contributed by atoms with Gasteiger partial charge in [-0.15, -0.1) is 0 Å². The average molecular weight is 349 g/mol. The molecule has 7 heteroatoms. The van der Waals surface area contributed by atoms with Crippen molar-refractivity contribution in [2.45, 2.75) is 39.3 Å². The number of anilines is 1. The molecule has 1 aromatic rings. The summed E-state index contributed by atoms with van der Waals surface area (Å²) in [6.45, 7) is 6.65. The fourth-order valence-corrected chi connectivity index (χ4v) is 2.57. The quantitative estimate of drug-likeness (QED) is 0.444. The summed E-state index contributed by atoms with van der Waals surface area (Å²) >= 11 is 0. The van der Waals surface area contributed by atoms with Crippen LogP contribution in [0.4, 0.5) is 5.69 Å². The summed E-state index contributed by atoms with van der Waals surface area (Å²) in [6, 6.07) is 3.96. The van der Waals surface area contributed by atoms with Gasteiger partial charge in [0.2, 0.25) is 0 Å². The Morgan fingerprint density at radius 2 is 1.96 bits per heavy atom. The zero-order chi connectivity index (χ0) is 18.8. The van der Waals surface area contributed by atoms with E-state index in [1.54, 1.807) is 39.0 Å². The zero-order valence-electron chi connectivity index (χ0n) is 15.1. The lowest BCUT2D eigenvalue weighted by Crippen LogP contribution is -2.57. The molecule has 1 heterocycles. The van der Waals surface area contributed by atoms with Gasteiger partial charge in [-0.1, -0.05) is 0 Å². The molecule has 0 saturated heterocycles. The molecule has 0 bridgehead atoms. The van der Waals surface area contributed by atoms with Crippen molar-refractivity contribution < 1.29 is 28.6 Å². The number of ether oxygens (including phenoxy) is 3. The standard InChI is InChI=1S/C18H23NO6/c1-11(16(21)24-9-8-23-5)19-14-10-13(12(2)20)6-7-15(14)25-18(3,4)17(19)22/h6-7,10-11H,8-9H2,1-5H3. The molecule has 1 atom stereocenters. The van der Waals surface area contributed by atoms with E-state index in [-0.39, 0.29) is 24.9 Å². The van der Waals surface area contributed by atoms with E-state index >= 15 is 0 Å². The van der Waals surface area contributed by atoms with E-state index in [4.69, 9.17) is 14.2 Å². The largest absolute Gasteiger partial charge is 0.476 e. The van der Waals surface area contributed by atoms with E-state index in [1.165, 1.54) is 18.9 Å². The van der Waals surface area contributed by atoms with E-state index in [9.17, 15) is 14.4 Å². The highest BCUT2D eigenvalue weighted by Crippen LogP contribution is 2.39. The van der Waals surface area contributed by atoms with Crippen molar-refractivity contribution in [3.05, 3.63) is 23.8 Å². The zero-order valence-corrected chi connectivity index (χ0v) is 15.1. The van der Waals surface area contributed by atoms with Crippen LogP contribution in [0.15, 0.2) is 18.2 Å². The van der Waals surface area contributed by atoms with Crippen LogP contribution < -0.4 is 9.64 Å². The SMILES string of the molecule is COCCOC(=O)C(C)N1C(=O)C(C)(C)Oc2ccc(C(C)=O)cc21. The van der Waals surface area contributed by atoms with Gasteiger partial charge in [-0.05, 0) is 45.9 Å². The molecule has 136 valence electrons. The second-order valence-electron chi connectivity index (χ2n) is 6.36. The minimum Gasteiger partial charge on any atom is -0.476 e. The van der Waals surface area contributed by atoms with Crippen LogP contribution in [0, 0.1) is 0 Å². The minimum atomic E-state index is -1.13. The lowest BCUT2D eigenvalue weighted by atomic mass is 10.00. The van der Waals surface area contributed by atoms with Crippen molar-refractivity contribution in [3.63, 3.8) is 0 Å². The number of carbonyl (C=O) groups excluding carboxylic acids is 3. The Kier molecular flexibility index (Phi) is 5.47. The molecule has 0 radical (unpaired) electrons. The molecular weight excluding hydrogens is 326 g/mol. The van der Waals surface area contributed by atoms with Gasteiger partial charge in [0.15, 0.2) is 11.4 Å². The molecule has 1 aliphatic heterocycles. The number of hydrogen-bond acceptors (Lipinski definition) is 6. The third-order valence-corrected chi connectivity index (χ3v) is 3.98. The molecule has 1 amide bonds. The number of amides is 1. The molecule has 0 spiro atoms. The molecule has 7 nitrogen and oxygen atoms in total. The number of hydrogen-bond donors (Lipinski definition) is 0. The van der Waals surface area contributed by atoms with Gasteiger partial charge in [-0.3, -0.25) is 14.5 Å². The lowest BCUT2D eigenvalue weighted by molar-refractivity contribution is -0.148. The topological polar surface area (TPSA) is 82.1 Å². The van der Waals surface area contributed by atoms with Crippen molar-refractivity contribution in [2.75, 3.05) is 25.2 Å². The summed E-state index contributed by atoms with van der Waals surface area (Å²) in [4.78, 5) is 38.2. The number of carbonyl (C=O) groups is 3. The molecule has 1 unspecified atom stereocenters. The average Bonchev–Trinajstić information content (AvgIpc) is 2.55. The van der Waals surface area contributed by atoms with Gasteiger partial charge in [-0.25, -0.2) is 4.79 Å². The van der Waals surface area contributed by atoms with Gasteiger partial charge in [0.1, 0.15) is 18.4 Å². The van der Waals surface area contributed by atoms with Crippen molar-refractivity contribution in [3.8, 4) is 5.75 Å². The Morgan fingerprint density at radius 1 is 1.28 bits per heavy atom. The van der Waals surface area contributed by atoms with Gasteiger partial charge in [-0.2, -0.15) is 0 Å². The summed E-state index contributed by atoms with van der Waals surface area (Å²) < 4.78 is 15.7. The summed E-state index contributed by atoms with van der Waals surface area (Å²) in [6.07, 6.45) is 0. The summed E-state index contributed by atoms with van der Waals surface area (Å²) in [5, 5.41) is 0. The van der Waals surface area contributed by atoms with E-state index in [2.05, 4.69) is 0 Å². The van der Waals surface area contributed by atoms with Crippen LogP contribution >= 0.6 is 0 Å². The Hall–Kier alpha value is -2.41. The maximum absolute atomic E-state index is 12.9. The molecule has 25 heavy (non-hydrogen) atoms. The van der Waals surface area contributed by atoms with E-state index in [1.807, 2.05) is 0 Å². The number of ketones is 1. The first-order chi connectivity index (χ1) is 11.7. The summed E-state index contributed by atoms with van der Waals surface area (Å²) in [5.74, 6) is -0.638. The fraction of sp³-hybridized carbons (Fsp3) is 0.500. The lowest BCUT2D eigenvalue weighted by Gasteiger charge is -2.40. The molecule has 0 saturated carbocycles. The molecule has 2 rings (SSSR count). The van der Waals surface area contributed by atoms with Crippen LogP contribution in [0.5, 0.6) is 5.75 Å². The smallest absolute Gasteiger partial charge is 0.329 e. The van der Waals surface area contributed by atoms with Crippen molar-refractivity contribution in [2.24, 2.45) is 0 Å². The van der Waals surface area contributed by atoms with Crippen LogP contribution in [-0.2, 0) is 19.1 Å². The molecule has 0 fully saturated rings. The monoisotopic (exact) mass is 349 g/mol. The van der Waals surface area contributed by atoms with Crippen molar-refractivity contribution >= 4 is 23.3 Å². The van der Waals surface area contributed by atoms with Crippen LogP contribution in [0.3, 0.4) is 0 Å². The molecular formula is C18H23NO6. The van der Waals surface area contributed by atoms with Crippen LogP contribution in [0.2, 0.25) is 0 Å². The maximum atomic E-state index is 12.9. The Labute approximate surface area is 146 Å². The van der Waals surface area contributed by atoms with Gasteiger partial charge in [0.05, 0.1) is 12.3 Å². The van der Waals surface area contributed by atoms with E-state index in [0.717, 1.165) is 0 Å². The molecule has 0 aliphatic carbocycles. The van der Waals surface area contributed by atoms with Crippen LogP contribution in [0.25, 0.3) is 0 Å². The van der Waals surface area contributed by atoms with E-state index in [0.29, 0.717) is 17.0 Å². The Balaban J connectivity index is 2.41. The van der Waals surface area contributed by atoms with Crippen LogP contribution in [0.1, 0.15) is 38.1 Å². The fourth-order valence-electron chi connectivity index (χ4n) is 2.57. The summed E-state index contributed by atoms with van der Waals surface area (Å²) in [5.41, 5.74) is -0.320. The molecule has 1 aromatic carbocycles. The number of benzene rings is 1. The highest BCUT2D eigenvalue weighted by atomic mass is 16.6. The second kappa shape index (κ2) is 7.23. The predicted octanol–water partition coefficient (Wildman–Crippen LogP) is 1.97. The highest BCUT2D eigenvalue weighted by molar-refractivity contribution is 6.07. The predicted molar refractivity (Wildman–Crippen MR) is 90.9 cm³/mol. The Bertz CT molecular complexity index is 697. The number of rotatable bonds is 6. The summed E-state index contributed by atoms with van der Waals surface area (Å²) in [7, 11) is 1.50. The van der Waals surface area contributed by atoms with Gasteiger partial charge in [0, 0.05) is 12.7 Å². The highest BCUT2D eigenvalue weighted by Gasteiger charge is 2.44. The third kappa shape index (κ3) is 3.82. The van der Waals surface area contributed by atoms with Gasteiger partial charge in [0.25, 0.3) is 5.91 Å². The van der Waals surface area contributed by atoms with Crippen LogP contribution in [-0.4, -0.2) is 49.6 Å². The normalized spacial score (nSPS) is 16.7. The van der Waals surface area contributed by atoms with Gasteiger partial charge >= 0.3 is 5.97 Å². The molecule has 0 aromatic heterocycles. The molecule has 0 N–H and O–H groups in total. The maximum Gasteiger partial charge on any atom is 0.329 e. The first kappa shape index (κ1) is 18.9.